The van der Waals surface area contributed by atoms with Crippen LogP contribution in [0, 0.1) is 11.3 Å². The molecule has 0 spiro atoms. The molecule has 2 rings (SSSR count). The number of Topliss-reactive ketones (excluding diaryl/α,β-unsaturated/α-hetero) is 1. The number of ketones is 1. The van der Waals surface area contributed by atoms with Gasteiger partial charge in [0.05, 0.1) is 17.2 Å². The van der Waals surface area contributed by atoms with Crippen LogP contribution in [0.3, 0.4) is 0 Å². The van der Waals surface area contributed by atoms with E-state index >= 15 is 0 Å². The fraction of sp³-hybridized carbons (Fsp3) is 0.0667. The predicted octanol–water partition coefficient (Wildman–Crippen LogP) is 4.32. The van der Waals surface area contributed by atoms with Gasteiger partial charge in [0.25, 0.3) is 0 Å². The van der Waals surface area contributed by atoms with Gasteiger partial charge in [0.2, 0.25) is 0 Å². The van der Waals surface area contributed by atoms with Crippen molar-refractivity contribution in [2.45, 2.75) is 6.92 Å². The Labute approximate surface area is 119 Å². The summed E-state index contributed by atoms with van der Waals surface area (Å²) in [6.45, 7) is 1.47. The molecule has 2 aromatic carbocycles. The number of nitrogens with zero attached hydrogens (tertiary/aromatic N) is 1. The molecule has 0 aliphatic heterocycles. The Kier molecular flexibility index (Phi) is 3.98. The minimum Gasteiger partial charge on any atom is -0.457 e. The van der Waals surface area contributed by atoms with Crippen molar-refractivity contribution in [3.63, 3.8) is 0 Å². The lowest BCUT2D eigenvalue weighted by Gasteiger charge is -2.09. The predicted molar refractivity (Wildman–Crippen MR) is 75.4 cm³/mol. The van der Waals surface area contributed by atoms with Crippen LogP contribution >= 0.6 is 15.9 Å². The molecule has 0 amide bonds. The van der Waals surface area contributed by atoms with Crippen molar-refractivity contribution in [2.24, 2.45) is 0 Å². The molecule has 2 aromatic rings. The van der Waals surface area contributed by atoms with Crippen molar-refractivity contribution in [1.29, 1.82) is 5.26 Å². The zero-order valence-electron chi connectivity index (χ0n) is 10.2. The fourth-order valence-electron chi connectivity index (χ4n) is 1.60. The topological polar surface area (TPSA) is 50.1 Å². The number of carbonyl (C=O) groups is 1. The molecule has 0 saturated carbocycles. The molecule has 0 aliphatic carbocycles. The second-order valence-corrected chi connectivity index (χ2v) is 4.85. The summed E-state index contributed by atoms with van der Waals surface area (Å²) < 4.78 is 6.62. The zero-order chi connectivity index (χ0) is 13.8. The van der Waals surface area contributed by atoms with Crippen LogP contribution in [0.1, 0.15) is 22.8 Å². The van der Waals surface area contributed by atoms with Crippen molar-refractivity contribution >= 4 is 21.7 Å². The quantitative estimate of drug-likeness (QED) is 0.793. The largest absolute Gasteiger partial charge is 0.457 e. The average molecular weight is 316 g/mol. The van der Waals surface area contributed by atoms with Crippen LogP contribution in [0.25, 0.3) is 0 Å². The first-order valence-electron chi connectivity index (χ1n) is 5.58. The third-order valence-electron chi connectivity index (χ3n) is 2.53. The number of halogens is 1. The lowest BCUT2D eigenvalue weighted by molar-refractivity contribution is 0.101. The second-order valence-electron chi connectivity index (χ2n) is 3.93. The van der Waals surface area contributed by atoms with E-state index < -0.39 is 0 Å². The lowest BCUT2D eigenvalue weighted by Crippen LogP contribution is -1.97. The number of carbonyl (C=O) groups excluding carboxylic acids is 1. The maximum absolute atomic E-state index is 11.5. The van der Waals surface area contributed by atoms with Crippen molar-refractivity contribution in [3.8, 4) is 17.6 Å². The molecule has 0 heterocycles. The van der Waals surface area contributed by atoms with Crippen LogP contribution in [0.15, 0.2) is 46.9 Å². The number of nitriles is 1. The van der Waals surface area contributed by atoms with Crippen molar-refractivity contribution in [3.05, 3.63) is 58.1 Å². The third-order valence-corrected chi connectivity index (χ3v) is 3.06. The molecule has 0 atom stereocenters. The first-order valence-corrected chi connectivity index (χ1v) is 6.38. The van der Waals surface area contributed by atoms with E-state index in [1.54, 1.807) is 30.3 Å². The van der Waals surface area contributed by atoms with Gasteiger partial charge in [0.15, 0.2) is 5.78 Å². The van der Waals surface area contributed by atoms with E-state index in [9.17, 15) is 4.79 Å². The third kappa shape index (κ3) is 3.21. The highest BCUT2D eigenvalue weighted by Gasteiger charge is 2.10. The molecule has 0 fully saturated rings. The summed E-state index contributed by atoms with van der Waals surface area (Å²) in [4.78, 5) is 11.5. The van der Waals surface area contributed by atoms with Gasteiger partial charge in [-0.25, -0.2) is 0 Å². The SMILES string of the molecule is CC(=O)c1ccc(C#N)cc1Oc1ccc(Br)cc1. The van der Waals surface area contributed by atoms with Gasteiger partial charge in [0, 0.05) is 4.47 Å². The lowest BCUT2D eigenvalue weighted by atomic mass is 10.1. The van der Waals surface area contributed by atoms with Crippen molar-refractivity contribution < 1.29 is 9.53 Å². The van der Waals surface area contributed by atoms with Gasteiger partial charge in [-0.15, -0.1) is 0 Å². The molecule has 19 heavy (non-hydrogen) atoms. The summed E-state index contributed by atoms with van der Waals surface area (Å²) >= 11 is 3.34. The molecule has 0 aromatic heterocycles. The summed E-state index contributed by atoms with van der Waals surface area (Å²) in [6.07, 6.45) is 0. The van der Waals surface area contributed by atoms with E-state index in [1.165, 1.54) is 6.92 Å². The normalized spacial score (nSPS) is 9.74. The van der Waals surface area contributed by atoms with Crippen molar-refractivity contribution in [2.75, 3.05) is 0 Å². The first kappa shape index (κ1) is 13.3. The van der Waals surface area contributed by atoms with Gasteiger partial charge in [-0.2, -0.15) is 5.26 Å². The van der Waals surface area contributed by atoms with Gasteiger partial charge in [0.1, 0.15) is 11.5 Å². The molecule has 0 bridgehead atoms. The molecular formula is C15H10BrNO2. The smallest absolute Gasteiger partial charge is 0.163 e. The standard InChI is InChI=1S/C15H10BrNO2/c1-10(18)14-7-2-11(9-17)8-15(14)19-13-5-3-12(16)4-6-13/h2-8H,1H3. The van der Waals surface area contributed by atoms with Crippen LogP contribution in [0.4, 0.5) is 0 Å². The molecule has 4 heteroatoms. The first-order chi connectivity index (χ1) is 9.10. The molecule has 3 nitrogen and oxygen atoms in total. The Balaban J connectivity index is 2.40. The maximum Gasteiger partial charge on any atom is 0.163 e. The van der Waals surface area contributed by atoms with Crippen molar-refractivity contribution in [1.82, 2.24) is 0 Å². The molecule has 0 unspecified atom stereocenters. The fourth-order valence-corrected chi connectivity index (χ4v) is 1.86. The van der Waals surface area contributed by atoms with Crippen LogP contribution < -0.4 is 4.74 Å². The minimum absolute atomic E-state index is 0.100. The highest BCUT2D eigenvalue weighted by molar-refractivity contribution is 9.10. The number of rotatable bonds is 3. The number of ether oxygens (including phenoxy) is 1. The van der Waals surface area contributed by atoms with Crippen LogP contribution in [0.2, 0.25) is 0 Å². The number of hydrogen-bond acceptors (Lipinski definition) is 3. The monoisotopic (exact) mass is 315 g/mol. The van der Waals surface area contributed by atoms with E-state index in [4.69, 9.17) is 10.00 Å². The van der Waals surface area contributed by atoms with E-state index in [0.717, 1.165) is 4.47 Å². The Morgan fingerprint density at radius 3 is 2.47 bits per heavy atom. The summed E-state index contributed by atoms with van der Waals surface area (Å²) in [6, 6.07) is 14.1. The number of benzene rings is 2. The van der Waals surface area contributed by atoms with E-state index in [-0.39, 0.29) is 5.78 Å². The summed E-state index contributed by atoms with van der Waals surface area (Å²) in [7, 11) is 0. The number of hydrogen-bond donors (Lipinski definition) is 0. The zero-order valence-corrected chi connectivity index (χ0v) is 11.8. The summed E-state index contributed by atoms with van der Waals surface area (Å²) in [5.74, 6) is 0.909. The Morgan fingerprint density at radius 2 is 1.89 bits per heavy atom. The van der Waals surface area contributed by atoms with Crippen LogP contribution in [0.5, 0.6) is 11.5 Å². The van der Waals surface area contributed by atoms with Gasteiger partial charge < -0.3 is 4.74 Å². The molecule has 0 N–H and O–H groups in total. The maximum atomic E-state index is 11.5. The molecule has 94 valence electrons. The Morgan fingerprint density at radius 1 is 1.21 bits per heavy atom. The van der Waals surface area contributed by atoms with Gasteiger partial charge in [-0.1, -0.05) is 15.9 Å². The minimum atomic E-state index is -0.100. The highest BCUT2D eigenvalue weighted by atomic mass is 79.9. The average Bonchev–Trinajstić information content (AvgIpc) is 2.41. The molecular weight excluding hydrogens is 306 g/mol. The van der Waals surface area contributed by atoms with E-state index in [0.29, 0.717) is 22.6 Å². The van der Waals surface area contributed by atoms with E-state index in [1.807, 2.05) is 18.2 Å². The molecule has 0 aliphatic rings. The summed E-state index contributed by atoms with van der Waals surface area (Å²) in [5, 5.41) is 8.90. The Hall–Kier alpha value is -2.12. The summed E-state index contributed by atoms with van der Waals surface area (Å²) in [5.41, 5.74) is 0.916. The van der Waals surface area contributed by atoms with Crippen LogP contribution in [-0.2, 0) is 0 Å². The van der Waals surface area contributed by atoms with Gasteiger partial charge in [-0.3, -0.25) is 4.79 Å². The molecule has 0 radical (unpaired) electrons. The van der Waals surface area contributed by atoms with Crippen LogP contribution in [-0.4, -0.2) is 5.78 Å². The molecule has 0 saturated heterocycles. The highest BCUT2D eigenvalue weighted by Crippen LogP contribution is 2.27. The van der Waals surface area contributed by atoms with Gasteiger partial charge >= 0.3 is 0 Å². The van der Waals surface area contributed by atoms with Gasteiger partial charge in [-0.05, 0) is 49.4 Å². The Bertz CT molecular complexity index is 657. The second kappa shape index (κ2) is 5.68. The van der Waals surface area contributed by atoms with E-state index in [2.05, 4.69) is 15.9 Å².